The number of aromatic nitrogens is 1. The number of carbonyl (C=O) groups is 1. The number of pyridine rings is 1. The molecule has 0 bridgehead atoms. The molecule has 1 fully saturated rings. The van der Waals surface area contributed by atoms with Gasteiger partial charge in [0.25, 0.3) is 0 Å². The summed E-state index contributed by atoms with van der Waals surface area (Å²) in [6.45, 7) is 2.92. The normalized spacial score (nSPS) is 17.5. The van der Waals surface area contributed by atoms with Gasteiger partial charge in [0, 0.05) is 37.9 Å². The lowest BCUT2D eigenvalue weighted by Gasteiger charge is -2.30. The number of morpholine rings is 1. The van der Waals surface area contributed by atoms with Crippen LogP contribution in [-0.4, -0.2) is 48.6 Å². The standard InChI is InChI=1S/C13H19N3O2/c14-10-11(9-12-3-1-2-4-15-12)13(17)16-5-7-18-8-6-16/h1-4,11H,5-10,14H2. The molecule has 2 heterocycles. The lowest BCUT2D eigenvalue weighted by atomic mass is 10.0. The minimum absolute atomic E-state index is 0.117. The Morgan fingerprint density at radius 2 is 2.22 bits per heavy atom. The number of amides is 1. The Balaban J connectivity index is 1.97. The Labute approximate surface area is 107 Å². The van der Waals surface area contributed by atoms with Gasteiger partial charge in [-0.1, -0.05) is 6.07 Å². The summed E-state index contributed by atoms with van der Waals surface area (Å²) in [5.41, 5.74) is 6.63. The van der Waals surface area contributed by atoms with Crippen molar-refractivity contribution in [1.29, 1.82) is 0 Å². The van der Waals surface area contributed by atoms with Crippen molar-refractivity contribution >= 4 is 5.91 Å². The Morgan fingerprint density at radius 3 is 2.83 bits per heavy atom. The van der Waals surface area contributed by atoms with Gasteiger partial charge in [0.2, 0.25) is 5.91 Å². The van der Waals surface area contributed by atoms with Gasteiger partial charge in [0.1, 0.15) is 0 Å². The fraction of sp³-hybridized carbons (Fsp3) is 0.538. The molecule has 5 heteroatoms. The first kappa shape index (κ1) is 13.0. The number of hydrogen-bond acceptors (Lipinski definition) is 4. The fourth-order valence-electron chi connectivity index (χ4n) is 2.08. The van der Waals surface area contributed by atoms with Crippen LogP contribution < -0.4 is 5.73 Å². The van der Waals surface area contributed by atoms with Crippen LogP contribution in [-0.2, 0) is 16.0 Å². The molecule has 1 aromatic rings. The largest absolute Gasteiger partial charge is 0.378 e. The van der Waals surface area contributed by atoms with Gasteiger partial charge in [0.05, 0.1) is 19.1 Å². The molecule has 1 unspecified atom stereocenters. The van der Waals surface area contributed by atoms with E-state index in [4.69, 9.17) is 10.5 Å². The maximum atomic E-state index is 12.3. The number of nitrogens with zero attached hydrogens (tertiary/aromatic N) is 2. The van der Waals surface area contributed by atoms with Crippen molar-refractivity contribution in [2.45, 2.75) is 6.42 Å². The first-order valence-electron chi connectivity index (χ1n) is 6.27. The van der Waals surface area contributed by atoms with Crippen molar-refractivity contribution in [2.75, 3.05) is 32.8 Å². The molecule has 98 valence electrons. The number of ether oxygens (including phenoxy) is 1. The molecule has 0 aliphatic carbocycles. The molecular weight excluding hydrogens is 230 g/mol. The van der Waals surface area contributed by atoms with E-state index < -0.39 is 0 Å². The second-order valence-electron chi connectivity index (χ2n) is 4.40. The molecule has 5 nitrogen and oxygen atoms in total. The Bertz CT molecular complexity index is 377. The number of rotatable bonds is 4. The number of nitrogens with two attached hydrogens (primary N) is 1. The van der Waals surface area contributed by atoms with E-state index in [0.29, 0.717) is 39.3 Å². The lowest BCUT2D eigenvalue weighted by Crippen LogP contribution is -2.46. The zero-order valence-electron chi connectivity index (χ0n) is 10.4. The van der Waals surface area contributed by atoms with Gasteiger partial charge >= 0.3 is 0 Å². The third kappa shape index (κ3) is 3.27. The Kier molecular flexibility index (Phi) is 4.66. The van der Waals surface area contributed by atoms with Gasteiger partial charge in [-0.3, -0.25) is 9.78 Å². The highest BCUT2D eigenvalue weighted by molar-refractivity contribution is 5.79. The van der Waals surface area contributed by atoms with Gasteiger partial charge in [-0.05, 0) is 12.1 Å². The zero-order chi connectivity index (χ0) is 12.8. The van der Waals surface area contributed by atoms with Gasteiger partial charge < -0.3 is 15.4 Å². The van der Waals surface area contributed by atoms with E-state index in [1.54, 1.807) is 6.20 Å². The lowest BCUT2D eigenvalue weighted by molar-refractivity contribution is -0.139. The van der Waals surface area contributed by atoms with Crippen LogP contribution in [0, 0.1) is 5.92 Å². The number of hydrogen-bond donors (Lipinski definition) is 1. The van der Waals surface area contributed by atoms with Crippen LogP contribution in [0.3, 0.4) is 0 Å². The highest BCUT2D eigenvalue weighted by Crippen LogP contribution is 2.10. The van der Waals surface area contributed by atoms with Gasteiger partial charge in [-0.15, -0.1) is 0 Å². The Morgan fingerprint density at radius 1 is 1.44 bits per heavy atom. The predicted octanol–water partition coefficient (Wildman–Crippen LogP) is 0.0578. The summed E-state index contributed by atoms with van der Waals surface area (Å²) in [6.07, 6.45) is 2.34. The molecule has 2 rings (SSSR count). The third-order valence-electron chi connectivity index (χ3n) is 3.14. The van der Waals surface area contributed by atoms with Crippen molar-refractivity contribution in [3.8, 4) is 0 Å². The van der Waals surface area contributed by atoms with E-state index in [-0.39, 0.29) is 11.8 Å². The molecule has 1 saturated heterocycles. The van der Waals surface area contributed by atoms with Crippen LogP contribution >= 0.6 is 0 Å². The van der Waals surface area contributed by atoms with E-state index in [0.717, 1.165) is 5.69 Å². The summed E-state index contributed by atoms with van der Waals surface area (Å²) in [6, 6.07) is 5.72. The second-order valence-corrected chi connectivity index (χ2v) is 4.40. The van der Waals surface area contributed by atoms with Crippen LogP contribution in [0.4, 0.5) is 0 Å². The molecule has 1 aliphatic heterocycles. The topological polar surface area (TPSA) is 68.5 Å². The molecule has 1 amide bonds. The zero-order valence-corrected chi connectivity index (χ0v) is 10.4. The van der Waals surface area contributed by atoms with E-state index in [1.165, 1.54) is 0 Å². The average Bonchev–Trinajstić information content (AvgIpc) is 2.46. The SMILES string of the molecule is NCC(Cc1ccccn1)C(=O)N1CCOCC1. The second kappa shape index (κ2) is 6.47. The molecule has 18 heavy (non-hydrogen) atoms. The highest BCUT2D eigenvalue weighted by Gasteiger charge is 2.25. The van der Waals surface area contributed by atoms with Gasteiger partial charge in [0.15, 0.2) is 0 Å². The van der Waals surface area contributed by atoms with Gasteiger partial charge in [-0.2, -0.15) is 0 Å². The van der Waals surface area contributed by atoms with Crippen LogP contribution in [0.1, 0.15) is 5.69 Å². The quantitative estimate of drug-likeness (QED) is 0.819. The van der Waals surface area contributed by atoms with Crippen molar-refractivity contribution in [3.05, 3.63) is 30.1 Å². The summed E-state index contributed by atoms with van der Waals surface area (Å²) in [4.78, 5) is 18.4. The molecular formula is C13H19N3O2. The molecule has 0 radical (unpaired) electrons. The Hall–Kier alpha value is -1.46. The van der Waals surface area contributed by atoms with Crippen molar-refractivity contribution in [2.24, 2.45) is 11.7 Å². The first-order valence-corrected chi connectivity index (χ1v) is 6.27. The van der Waals surface area contributed by atoms with E-state index in [2.05, 4.69) is 4.98 Å². The maximum absolute atomic E-state index is 12.3. The number of carbonyl (C=O) groups excluding carboxylic acids is 1. The summed E-state index contributed by atoms with van der Waals surface area (Å²) in [5, 5.41) is 0. The average molecular weight is 249 g/mol. The van der Waals surface area contributed by atoms with Crippen LogP contribution in [0.15, 0.2) is 24.4 Å². The summed E-state index contributed by atoms with van der Waals surface area (Å²) in [5.74, 6) is -0.0653. The molecule has 2 N–H and O–H groups in total. The summed E-state index contributed by atoms with van der Waals surface area (Å²) in [7, 11) is 0. The molecule has 1 aromatic heterocycles. The monoisotopic (exact) mass is 249 g/mol. The highest BCUT2D eigenvalue weighted by atomic mass is 16.5. The summed E-state index contributed by atoms with van der Waals surface area (Å²) < 4.78 is 5.24. The predicted molar refractivity (Wildman–Crippen MR) is 67.9 cm³/mol. The molecule has 0 spiro atoms. The summed E-state index contributed by atoms with van der Waals surface area (Å²) >= 11 is 0. The van der Waals surface area contributed by atoms with Crippen LogP contribution in [0.25, 0.3) is 0 Å². The first-order chi connectivity index (χ1) is 8.81. The molecule has 0 saturated carbocycles. The van der Waals surface area contributed by atoms with Crippen molar-refractivity contribution in [1.82, 2.24) is 9.88 Å². The van der Waals surface area contributed by atoms with E-state index >= 15 is 0 Å². The van der Waals surface area contributed by atoms with Crippen LogP contribution in [0.2, 0.25) is 0 Å². The molecule has 0 aromatic carbocycles. The van der Waals surface area contributed by atoms with Crippen molar-refractivity contribution < 1.29 is 9.53 Å². The molecule has 1 atom stereocenters. The minimum atomic E-state index is -0.182. The minimum Gasteiger partial charge on any atom is -0.378 e. The smallest absolute Gasteiger partial charge is 0.227 e. The van der Waals surface area contributed by atoms with E-state index in [9.17, 15) is 4.79 Å². The van der Waals surface area contributed by atoms with Crippen LogP contribution in [0.5, 0.6) is 0 Å². The maximum Gasteiger partial charge on any atom is 0.227 e. The van der Waals surface area contributed by atoms with Crippen molar-refractivity contribution in [3.63, 3.8) is 0 Å². The third-order valence-corrected chi connectivity index (χ3v) is 3.14. The van der Waals surface area contributed by atoms with E-state index in [1.807, 2.05) is 23.1 Å². The van der Waals surface area contributed by atoms with Gasteiger partial charge in [-0.25, -0.2) is 0 Å². The molecule has 1 aliphatic rings. The fourth-order valence-corrected chi connectivity index (χ4v) is 2.08.